The predicted octanol–water partition coefficient (Wildman–Crippen LogP) is 2.53. The summed E-state index contributed by atoms with van der Waals surface area (Å²) in [5.74, 6) is 0.353. The van der Waals surface area contributed by atoms with Gasteiger partial charge in [0.15, 0.2) is 0 Å². The van der Waals surface area contributed by atoms with Gasteiger partial charge in [0.2, 0.25) is 5.91 Å². The topological polar surface area (TPSA) is 52.7 Å². The number of nitrogens with zero attached hydrogens (tertiary/aromatic N) is 2. The lowest BCUT2D eigenvalue weighted by atomic mass is 10.0. The van der Waals surface area contributed by atoms with Crippen molar-refractivity contribution in [2.75, 3.05) is 33.2 Å². The van der Waals surface area contributed by atoms with Crippen LogP contribution in [0.4, 0.5) is 0 Å². The molecule has 1 aromatic rings. The van der Waals surface area contributed by atoms with E-state index in [4.69, 9.17) is 0 Å². The molecule has 0 radical (unpaired) electrons. The van der Waals surface area contributed by atoms with Crippen molar-refractivity contribution in [1.82, 2.24) is 15.1 Å². The fourth-order valence-electron chi connectivity index (χ4n) is 3.46. The van der Waals surface area contributed by atoms with Crippen molar-refractivity contribution in [3.05, 3.63) is 35.9 Å². The van der Waals surface area contributed by atoms with Gasteiger partial charge in [0.05, 0.1) is 0 Å². The van der Waals surface area contributed by atoms with Crippen LogP contribution in [-0.2, 0) is 4.79 Å². The van der Waals surface area contributed by atoms with Gasteiger partial charge in [-0.05, 0) is 51.4 Å². The third-order valence-electron chi connectivity index (χ3n) is 4.82. The number of nitrogens with one attached hydrogen (secondary N) is 1. The molecule has 2 amide bonds. The molecular formula is C20H31N3O2. The average molecular weight is 345 g/mol. The highest BCUT2D eigenvalue weighted by Gasteiger charge is 2.29. The Bertz CT molecular complexity index is 539. The molecular weight excluding hydrogens is 314 g/mol. The molecule has 1 aliphatic heterocycles. The van der Waals surface area contributed by atoms with Crippen LogP contribution in [0.25, 0.3) is 0 Å². The van der Waals surface area contributed by atoms with Crippen LogP contribution in [0.5, 0.6) is 0 Å². The lowest BCUT2D eigenvalue weighted by Crippen LogP contribution is -2.49. The van der Waals surface area contributed by atoms with Crippen LogP contribution in [0, 0.1) is 0 Å². The predicted molar refractivity (Wildman–Crippen MR) is 101 cm³/mol. The molecule has 1 aliphatic rings. The van der Waals surface area contributed by atoms with Crippen molar-refractivity contribution in [1.29, 1.82) is 0 Å². The number of carbonyl (C=O) groups excluding carboxylic acids is 2. The third kappa shape index (κ3) is 5.56. The van der Waals surface area contributed by atoms with Crippen molar-refractivity contribution in [3.8, 4) is 0 Å². The second-order valence-electron chi connectivity index (χ2n) is 6.68. The molecule has 138 valence electrons. The minimum absolute atomic E-state index is 0.0986. The molecule has 1 heterocycles. The number of amides is 2. The maximum Gasteiger partial charge on any atom is 0.253 e. The van der Waals surface area contributed by atoms with E-state index >= 15 is 0 Å². The van der Waals surface area contributed by atoms with E-state index in [2.05, 4.69) is 17.1 Å². The number of benzene rings is 1. The molecule has 2 rings (SSSR count). The summed E-state index contributed by atoms with van der Waals surface area (Å²) in [6.45, 7) is 5.25. The van der Waals surface area contributed by atoms with Gasteiger partial charge in [-0.3, -0.25) is 9.59 Å². The van der Waals surface area contributed by atoms with E-state index in [0.717, 1.165) is 57.4 Å². The van der Waals surface area contributed by atoms with E-state index in [1.54, 1.807) is 0 Å². The smallest absolute Gasteiger partial charge is 0.253 e. The highest BCUT2D eigenvalue weighted by molar-refractivity contribution is 5.94. The lowest BCUT2D eigenvalue weighted by molar-refractivity contribution is -0.134. The summed E-state index contributed by atoms with van der Waals surface area (Å²) in [5.41, 5.74) is 0.745. The number of carbonyl (C=O) groups is 2. The van der Waals surface area contributed by atoms with E-state index in [-0.39, 0.29) is 17.9 Å². The zero-order chi connectivity index (χ0) is 18.1. The number of hydrogen-bond donors (Lipinski definition) is 1. The SMILES string of the molecule is CCCN(C(=O)CCCNC)C1CCN(C(=O)c2ccccc2)CC1. The van der Waals surface area contributed by atoms with E-state index in [1.807, 2.05) is 42.3 Å². The summed E-state index contributed by atoms with van der Waals surface area (Å²) in [6, 6.07) is 9.71. The van der Waals surface area contributed by atoms with Crippen LogP contribution in [0.2, 0.25) is 0 Å². The first-order valence-corrected chi connectivity index (χ1v) is 9.45. The van der Waals surface area contributed by atoms with Gasteiger partial charge in [0.25, 0.3) is 5.91 Å². The Morgan fingerprint density at radius 2 is 1.88 bits per heavy atom. The van der Waals surface area contributed by atoms with Crippen molar-refractivity contribution < 1.29 is 9.59 Å². The van der Waals surface area contributed by atoms with Crippen LogP contribution in [0.1, 0.15) is 49.4 Å². The van der Waals surface area contributed by atoms with Crippen LogP contribution >= 0.6 is 0 Å². The Balaban J connectivity index is 1.89. The van der Waals surface area contributed by atoms with Crippen LogP contribution in [0.15, 0.2) is 30.3 Å². The summed E-state index contributed by atoms with van der Waals surface area (Å²) in [5, 5.41) is 3.09. The molecule has 0 unspecified atom stereocenters. The summed E-state index contributed by atoms with van der Waals surface area (Å²) < 4.78 is 0. The van der Waals surface area contributed by atoms with Gasteiger partial charge < -0.3 is 15.1 Å². The standard InChI is InChI=1S/C20H31N3O2/c1-3-14-23(19(24)10-7-13-21-2)18-11-15-22(16-12-18)20(25)17-8-5-4-6-9-17/h4-6,8-9,18,21H,3,7,10-16H2,1-2H3. The Kier molecular flexibility index (Phi) is 7.92. The Hall–Kier alpha value is -1.88. The molecule has 25 heavy (non-hydrogen) atoms. The van der Waals surface area contributed by atoms with E-state index in [1.165, 1.54) is 0 Å². The molecule has 1 aromatic carbocycles. The van der Waals surface area contributed by atoms with Gasteiger partial charge in [0.1, 0.15) is 0 Å². The maximum absolute atomic E-state index is 12.6. The van der Waals surface area contributed by atoms with Crippen molar-refractivity contribution in [2.24, 2.45) is 0 Å². The molecule has 5 nitrogen and oxygen atoms in total. The normalized spacial score (nSPS) is 15.2. The Morgan fingerprint density at radius 3 is 2.48 bits per heavy atom. The molecule has 0 spiro atoms. The minimum Gasteiger partial charge on any atom is -0.340 e. The van der Waals surface area contributed by atoms with E-state index in [9.17, 15) is 9.59 Å². The largest absolute Gasteiger partial charge is 0.340 e. The van der Waals surface area contributed by atoms with Crippen LogP contribution in [-0.4, -0.2) is 60.9 Å². The number of hydrogen-bond acceptors (Lipinski definition) is 3. The molecule has 0 bridgehead atoms. The number of piperidine rings is 1. The average Bonchev–Trinajstić information content (AvgIpc) is 2.66. The first kappa shape index (κ1) is 19.4. The summed E-state index contributed by atoms with van der Waals surface area (Å²) in [6.07, 6.45) is 4.19. The van der Waals surface area contributed by atoms with Gasteiger partial charge in [-0.2, -0.15) is 0 Å². The van der Waals surface area contributed by atoms with Gasteiger partial charge >= 0.3 is 0 Å². The highest BCUT2D eigenvalue weighted by atomic mass is 16.2. The molecule has 0 atom stereocenters. The second kappa shape index (κ2) is 10.2. The molecule has 1 saturated heterocycles. The minimum atomic E-state index is 0.0986. The Morgan fingerprint density at radius 1 is 1.20 bits per heavy atom. The monoisotopic (exact) mass is 345 g/mol. The van der Waals surface area contributed by atoms with E-state index < -0.39 is 0 Å². The quantitative estimate of drug-likeness (QED) is 0.737. The molecule has 1 N–H and O–H groups in total. The second-order valence-corrected chi connectivity index (χ2v) is 6.68. The molecule has 0 aliphatic carbocycles. The Labute approximate surface area is 151 Å². The first-order valence-electron chi connectivity index (χ1n) is 9.45. The molecule has 0 aromatic heterocycles. The van der Waals surface area contributed by atoms with Crippen LogP contribution in [0.3, 0.4) is 0 Å². The highest BCUT2D eigenvalue weighted by Crippen LogP contribution is 2.20. The fourth-order valence-corrected chi connectivity index (χ4v) is 3.46. The molecule has 5 heteroatoms. The number of likely N-dealkylation sites (tertiary alicyclic amines) is 1. The first-order chi connectivity index (χ1) is 12.2. The lowest BCUT2D eigenvalue weighted by Gasteiger charge is -2.38. The molecule has 1 fully saturated rings. The van der Waals surface area contributed by atoms with Crippen molar-refractivity contribution >= 4 is 11.8 Å². The molecule has 0 saturated carbocycles. The van der Waals surface area contributed by atoms with Gasteiger partial charge in [-0.25, -0.2) is 0 Å². The summed E-state index contributed by atoms with van der Waals surface area (Å²) in [4.78, 5) is 29.1. The van der Waals surface area contributed by atoms with Gasteiger partial charge in [-0.15, -0.1) is 0 Å². The third-order valence-corrected chi connectivity index (χ3v) is 4.82. The van der Waals surface area contributed by atoms with Gasteiger partial charge in [0, 0.05) is 37.7 Å². The summed E-state index contributed by atoms with van der Waals surface area (Å²) in [7, 11) is 1.91. The maximum atomic E-state index is 12.6. The summed E-state index contributed by atoms with van der Waals surface area (Å²) >= 11 is 0. The van der Waals surface area contributed by atoms with Crippen molar-refractivity contribution in [2.45, 2.75) is 45.1 Å². The fraction of sp³-hybridized carbons (Fsp3) is 0.600. The number of rotatable bonds is 8. The van der Waals surface area contributed by atoms with E-state index in [0.29, 0.717) is 6.42 Å². The van der Waals surface area contributed by atoms with Gasteiger partial charge in [-0.1, -0.05) is 25.1 Å². The zero-order valence-electron chi connectivity index (χ0n) is 15.5. The van der Waals surface area contributed by atoms with Crippen LogP contribution < -0.4 is 5.32 Å². The zero-order valence-corrected chi connectivity index (χ0v) is 15.5. The van der Waals surface area contributed by atoms with Crippen molar-refractivity contribution in [3.63, 3.8) is 0 Å².